The number of hydrogen-bond donors (Lipinski definition) is 0. The third-order valence-corrected chi connectivity index (χ3v) is 5.44. The Bertz CT molecular complexity index is 385. The van der Waals surface area contributed by atoms with E-state index in [9.17, 15) is 0 Å². The first-order valence-corrected chi connectivity index (χ1v) is 7.94. The molecule has 0 N–H and O–H groups in total. The number of likely N-dealkylation sites (tertiary alicyclic amines) is 1. The Hall–Kier alpha value is -0.890. The first-order chi connectivity index (χ1) is 9.29. The molecule has 1 atom stereocenters. The van der Waals surface area contributed by atoms with Crippen molar-refractivity contribution in [2.24, 2.45) is 5.41 Å². The van der Waals surface area contributed by atoms with E-state index in [4.69, 9.17) is 0 Å². The molecule has 1 spiro atoms. The lowest BCUT2D eigenvalue weighted by Crippen LogP contribution is -2.42. The van der Waals surface area contributed by atoms with Crippen LogP contribution in [0.15, 0.2) is 24.4 Å². The molecule has 0 bridgehead atoms. The van der Waals surface area contributed by atoms with Crippen molar-refractivity contribution < 1.29 is 0 Å². The second-order valence-electron chi connectivity index (χ2n) is 6.53. The Morgan fingerprint density at radius 3 is 2.42 bits per heavy atom. The van der Waals surface area contributed by atoms with Crippen molar-refractivity contribution >= 4 is 0 Å². The highest BCUT2D eigenvalue weighted by Crippen LogP contribution is 2.45. The van der Waals surface area contributed by atoms with Gasteiger partial charge < -0.3 is 0 Å². The molecular weight excluding hydrogens is 232 g/mol. The van der Waals surface area contributed by atoms with Crippen LogP contribution in [0.2, 0.25) is 0 Å². The zero-order chi connectivity index (χ0) is 13.1. The van der Waals surface area contributed by atoms with E-state index in [1.54, 1.807) is 0 Å². The highest BCUT2D eigenvalue weighted by atomic mass is 15.2. The number of rotatable bonds is 2. The quantitative estimate of drug-likeness (QED) is 0.790. The maximum atomic E-state index is 4.52. The Morgan fingerprint density at radius 1 is 1.05 bits per heavy atom. The molecule has 1 saturated carbocycles. The van der Waals surface area contributed by atoms with Gasteiger partial charge in [0, 0.05) is 12.2 Å². The molecule has 0 amide bonds. The molecule has 1 aromatic rings. The molecule has 104 valence electrons. The lowest BCUT2D eigenvalue weighted by molar-refractivity contribution is 0.0478. The highest BCUT2D eigenvalue weighted by molar-refractivity contribution is 5.08. The van der Waals surface area contributed by atoms with Gasteiger partial charge in [0.05, 0.1) is 5.69 Å². The molecule has 3 rings (SSSR count). The van der Waals surface area contributed by atoms with Gasteiger partial charge in [-0.05, 0) is 63.2 Å². The predicted molar refractivity (Wildman–Crippen MR) is 79.0 cm³/mol. The lowest BCUT2D eigenvalue weighted by Gasteiger charge is -2.45. The molecule has 2 heterocycles. The molecule has 1 aliphatic heterocycles. The monoisotopic (exact) mass is 258 g/mol. The Morgan fingerprint density at radius 2 is 1.79 bits per heavy atom. The fraction of sp³-hybridized carbons (Fsp3) is 0.706. The molecule has 1 saturated heterocycles. The summed E-state index contributed by atoms with van der Waals surface area (Å²) >= 11 is 0. The molecule has 0 aromatic carbocycles. The summed E-state index contributed by atoms with van der Waals surface area (Å²) in [5, 5.41) is 0. The third kappa shape index (κ3) is 2.84. The van der Waals surface area contributed by atoms with Crippen molar-refractivity contribution in [3.63, 3.8) is 0 Å². The SMILES string of the molecule is C[C@H](c1ccccn1)N1CCC2(CCCCC2)CC1. The summed E-state index contributed by atoms with van der Waals surface area (Å²) in [6.45, 7) is 4.83. The second-order valence-corrected chi connectivity index (χ2v) is 6.53. The molecule has 2 aliphatic rings. The molecule has 2 fully saturated rings. The molecular formula is C17H26N2. The fourth-order valence-corrected chi connectivity index (χ4v) is 4.00. The fourth-order valence-electron chi connectivity index (χ4n) is 4.00. The first-order valence-electron chi connectivity index (χ1n) is 7.94. The van der Waals surface area contributed by atoms with Crippen molar-refractivity contribution in [3.05, 3.63) is 30.1 Å². The maximum absolute atomic E-state index is 4.52. The zero-order valence-electron chi connectivity index (χ0n) is 12.1. The lowest BCUT2D eigenvalue weighted by atomic mass is 9.68. The van der Waals surface area contributed by atoms with E-state index in [1.165, 1.54) is 63.7 Å². The Kier molecular flexibility index (Phi) is 3.88. The summed E-state index contributed by atoms with van der Waals surface area (Å²) in [5.41, 5.74) is 1.93. The van der Waals surface area contributed by atoms with Crippen LogP contribution in [0.25, 0.3) is 0 Å². The minimum absolute atomic E-state index is 0.474. The largest absolute Gasteiger partial charge is 0.295 e. The molecule has 1 aliphatic carbocycles. The standard InChI is InChI=1S/C17H26N2/c1-15(16-7-3-6-12-18-16)19-13-10-17(11-14-19)8-4-2-5-9-17/h3,6-7,12,15H,2,4-5,8-11,13-14H2,1H3/t15-/m1/s1. The maximum Gasteiger partial charge on any atom is 0.0572 e. The van der Waals surface area contributed by atoms with Gasteiger partial charge in [-0.15, -0.1) is 0 Å². The van der Waals surface area contributed by atoms with Crippen LogP contribution in [0.3, 0.4) is 0 Å². The normalized spacial score (nSPS) is 25.3. The third-order valence-electron chi connectivity index (χ3n) is 5.44. The van der Waals surface area contributed by atoms with E-state index < -0.39 is 0 Å². The van der Waals surface area contributed by atoms with Crippen LogP contribution in [0.5, 0.6) is 0 Å². The van der Waals surface area contributed by atoms with Gasteiger partial charge in [-0.2, -0.15) is 0 Å². The number of hydrogen-bond acceptors (Lipinski definition) is 2. The van der Waals surface area contributed by atoms with Gasteiger partial charge in [0.15, 0.2) is 0 Å². The van der Waals surface area contributed by atoms with E-state index in [0.29, 0.717) is 11.5 Å². The van der Waals surface area contributed by atoms with E-state index in [0.717, 1.165) is 0 Å². The summed E-state index contributed by atoms with van der Waals surface area (Å²) in [4.78, 5) is 7.14. The molecule has 0 radical (unpaired) electrons. The van der Waals surface area contributed by atoms with Crippen LogP contribution in [-0.4, -0.2) is 23.0 Å². The Labute approximate surface area is 117 Å². The smallest absolute Gasteiger partial charge is 0.0572 e. The van der Waals surface area contributed by atoms with Crippen LogP contribution >= 0.6 is 0 Å². The van der Waals surface area contributed by atoms with Gasteiger partial charge in [-0.1, -0.05) is 25.3 Å². The number of piperidine rings is 1. The minimum Gasteiger partial charge on any atom is -0.295 e. The van der Waals surface area contributed by atoms with Crippen molar-refractivity contribution in [1.29, 1.82) is 0 Å². The van der Waals surface area contributed by atoms with Crippen molar-refractivity contribution in [2.45, 2.75) is 57.9 Å². The molecule has 2 nitrogen and oxygen atoms in total. The molecule has 19 heavy (non-hydrogen) atoms. The first kappa shape index (κ1) is 13.1. The number of aromatic nitrogens is 1. The van der Waals surface area contributed by atoms with Crippen LogP contribution < -0.4 is 0 Å². The van der Waals surface area contributed by atoms with E-state index in [-0.39, 0.29) is 0 Å². The average molecular weight is 258 g/mol. The van der Waals surface area contributed by atoms with Crippen LogP contribution in [0, 0.1) is 5.41 Å². The summed E-state index contributed by atoms with van der Waals surface area (Å²) in [7, 11) is 0. The van der Waals surface area contributed by atoms with Gasteiger partial charge in [0.2, 0.25) is 0 Å². The zero-order valence-corrected chi connectivity index (χ0v) is 12.1. The minimum atomic E-state index is 0.474. The molecule has 2 heteroatoms. The number of pyridine rings is 1. The number of nitrogens with zero attached hydrogens (tertiary/aromatic N) is 2. The van der Waals surface area contributed by atoms with E-state index in [2.05, 4.69) is 28.9 Å². The second kappa shape index (κ2) is 5.62. The van der Waals surface area contributed by atoms with E-state index >= 15 is 0 Å². The topological polar surface area (TPSA) is 16.1 Å². The summed E-state index contributed by atoms with van der Waals surface area (Å²) in [6.07, 6.45) is 12.1. The highest BCUT2D eigenvalue weighted by Gasteiger charge is 2.36. The van der Waals surface area contributed by atoms with Gasteiger partial charge in [-0.3, -0.25) is 9.88 Å². The van der Waals surface area contributed by atoms with Gasteiger partial charge in [0.25, 0.3) is 0 Å². The van der Waals surface area contributed by atoms with Gasteiger partial charge in [-0.25, -0.2) is 0 Å². The van der Waals surface area contributed by atoms with Crippen LogP contribution in [0.4, 0.5) is 0 Å². The van der Waals surface area contributed by atoms with Crippen molar-refractivity contribution in [1.82, 2.24) is 9.88 Å². The molecule has 1 aromatic heterocycles. The van der Waals surface area contributed by atoms with E-state index in [1.807, 2.05) is 12.3 Å². The Balaban J connectivity index is 1.60. The average Bonchev–Trinajstić information content (AvgIpc) is 2.49. The molecule has 0 unspecified atom stereocenters. The summed E-state index contributed by atoms with van der Waals surface area (Å²) in [6, 6.07) is 6.74. The van der Waals surface area contributed by atoms with Crippen molar-refractivity contribution in [2.75, 3.05) is 13.1 Å². The van der Waals surface area contributed by atoms with Crippen LogP contribution in [-0.2, 0) is 0 Å². The van der Waals surface area contributed by atoms with Crippen molar-refractivity contribution in [3.8, 4) is 0 Å². The van der Waals surface area contributed by atoms with Gasteiger partial charge in [0.1, 0.15) is 0 Å². The van der Waals surface area contributed by atoms with Crippen LogP contribution in [0.1, 0.15) is 63.6 Å². The predicted octanol–water partition coefficient (Wildman–Crippen LogP) is 4.19. The van der Waals surface area contributed by atoms with Gasteiger partial charge >= 0.3 is 0 Å². The summed E-state index contributed by atoms with van der Waals surface area (Å²) < 4.78 is 0. The summed E-state index contributed by atoms with van der Waals surface area (Å²) in [5.74, 6) is 0.